The zero-order valence-corrected chi connectivity index (χ0v) is 24.1. The molecule has 3 aliphatic rings. The van der Waals surface area contributed by atoms with E-state index in [-0.39, 0.29) is 0 Å². The number of hydrogen-bond acceptors (Lipinski definition) is 7. The first-order valence-electron chi connectivity index (χ1n) is 15.1. The number of fused-ring (bicyclic) bond motifs is 1. The fraction of sp³-hybridized carbons (Fsp3) is 0.424. The molecule has 0 unspecified atom stereocenters. The molecule has 6 heterocycles. The fourth-order valence-corrected chi connectivity index (χ4v) is 6.65. The van der Waals surface area contributed by atoms with Crippen LogP contribution in [0, 0.1) is 5.41 Å². The Bertz CT molecular complexity index is 1550. The maximum atomic E-state index is 4.69. The standard InChI is InChI=1S/C33H40N8/c1-24(25-8-11-35-32(18-25)41-14-9-33(10-15-41)22-34-23-33)38-31-17-28-16-26(6-7-27(28)19-36-31)29-20-37-39(2)30(29)21-40-12-4-3-5-13-40/h6-8,11,16-20,34H,1,3-5,9-10,12-15,21-23H2,2H3,(H,36,38). The molecule has 0 radical (unpaired) electrons. The maximum absolute atomic E-state index is 4.69. The molecule has 0 aliphatic carbocycles. The van der Waals surface area contributed by atoms with Crippen molar-refractivity contribution in [3.8, 4) is 11.1 Å². The average Bonchev–Trinajstić information content (AvgIpc) is 3.36. The molecule has 212 valence electrons. The van der Waals surface area contributed by atoms with Crippen molar-refractivity contribution in [1.82, 2.24) is 30.0 Å². The molecule has 3 aliphatic heterocycles. The lowest BCUT2D eigenvalue weighted by molar-refractivity contribution is 0.126. The molecular weight excluding hydrogens is 508 g/mol. The van der Waals surface area contributed by atoms with E-state index in [1.54, 1.807) is 0 Å². The van der Waals surface area contributed by atoms with Gasteiger partial charge in [-0.1, -0.05) is 25.1 Å². The molecule has 3 saturated heterocycles. The zero-order valence-electron chi connectivity index (χ0n) is 24.1. The first-order valence-corrected chi connectivity index (χ1v) is 15.1. The van der Waals surface area contributed by atoms with Gasteiger partial charge in [0.25, 0.3) is 0 Å². The molecule has 8 heteroatoms. The monoisotopic (exact) mass is 548 g/mol. The van der Waals surface area contributed by atoms with Crippen molar-refractivity contribution in [3.63, 3.8) is 0 Å². The Kier molecular flexibility index (Phi) is 6.96. The Morgan fingerprint density at radius 1 is 0.951 bits per heavy atom. The zero-order chi connectivity index (χ0) is 27.8. The number of anilines is 2. The second-order valence-electron chi connectivity index (χ2n) is 12.2. The summed E-state index contributed by atoms with van der Waals surface area (Å²) in [4.78, 5) is 14.3. The van der Waals surface area contributed by atoms with Gasteiger partial charge in [0.1, 0.15) is 11.6 Å². The summed E-state index contributed by atoms with van der Waals surface area (Å²) in [5.74, 6) is 1.82. The van der Waals surface area contributed by atoms with Gasteiger partial charge in [-0.25, -0.2) is 9.97 Å². The van der Waals surface area contributed by atoms with Gasteiger partial charge >= 0.3 is 0 Å². The second-order valence-corrected chi connectivity index (χ2v) is 12.2. The van der Waals surface area contributed by atoms with Crippen LogP contribution < -0.4 is 15.5 Å². The van der Waals surface area contributed by atoms with Crippen LogP contribution in [0.15, 0.2) is 61.6 Å². The van der Waals surface area contributed by atoms with Crippen molar-refractivity contribution >= 4 is 28.1 Å². The van der Waals surface area contributed by atoms with Crippen molar-refractivity contribution in [2.45, 2.75) is 38.6 Å². The van der Waals surface area contributed by atoms with Crippen LogP contribution in [0.1, 0.15) is 43.4 Å². The normalized spacial score (nSPS) is 18.9. The number of piperidine rings is 2. The number of hydrogen-bond donors (Lipinski definition) is 2. The summed E-state index contributed by atoms with van der Waals surface area (Å²) in [6, 6.07) is 12.9. The molecule has 41 heavy (non-hydrogen) atoms. The van der Waals surface area contributed by atoms with Crippen LogP contribution in [-0.4, -0.2) is 63.9 Å². The van der Waals surface area contributed by atoms with Gasteiger partial charge in [0.15, 0.2) is 0 Å². The predicted octanol–water partition coefficient (Wildman–Crippen LogP) is 5.29. The molecule has 3 fully saturated rings. The van der Waals surface area contributed by atoms with Gasteiger partial charge in [-0.15, -0.1) is 0 Å². The number of pyridine rings is 2. The Morgan fingerprint density at radius 3 is 2.56 bits per heavy atom. The number of benzene rings is 1. The Balaban J connectivity index is 1.08. The minimum Gasteiger partial charge on any atom is -0.357 e. The minimum absolute atomic E-state index is 0.521. The maximum Gasteiger partial charge on any atom is 0.130 e. The third kappa shape index (κ3) is 5.34. The summed E-state index contributed by atoms with van der Waals surface area (Å²) in [7, 11) is 2.06. The molecule has 2 N–H and O–H groups in total. The molecule has 3 aromatic heterocycles. The smallest absolute Gasteiger partial charge is 0.130 e. The van der Waals surface area contributed by atoms with E-state index in [1.165, 1.54) is 62.0 Å². The molecule has 0 amide bonds. The molecule has 0 atom stereocenters. The van der Waals surface area contributed by atoms with Crippen molar-refractivity contribution in [1.29, 1.82) is 0 Å². The van der Waals surface area contributed by atoms with Crippen molar-refractivity contribution < 1.29 is 0 Å². The Labute approximate surface area is 242 Å². The topological polar surface area (TPSA) is 74.1 Å². The van der Waals surface area contributed by atoms with E-state index in [2.05, 4.69) is 74.5 Å². The number of rotatable bonds is 7. The van der Waals surface area contributed by atoms with Gasteiger partial charge in [0, 0.05) is 74.4 Å². The van der Waals surface area contributed by atoms with E-state index in [1.807, 2.05) is 29.3 Å². The lowest BCUT2D eigenvalue weighted by Gasteiger charge is -2.48. The lowest BCUT2D eigenvalue weighted by atomic mass is 9.73. The van der Waals surface area contributed by atoms with Gasteiger partial charge in [-0.2, -0.15) is 5.10 Å². The summed E-state index contributed by atoms with van der Waals surface area (Å²) < 4.78 is 2.03. The summed E-state index contributed by atoms with van der Waals surface area (Å²) >= 11 is 0. The van der Waals surface area contributed by atoms with Crippen LogP contribution in [0.2, 0.25) is 0 Å². The van der Waals surface area contributed by atoms with Crippen molar-refractivity contribution in [2.75, 3.05) is 49.5 Å². The van der Waals surface area contributed by atoms with Gasteiger partial charge in [-0.3, -0.25) is 9.58 Å². The van der Waals surface area contributed by atoms with Crippen LogP contribution in [-0.2, 0) is 13.6 Å². The Hall–Kier alpha value is -3.75. The number of aryl methyl sites for hydroxylation is 1. The quantitative estimate of drug-likeness (QED) is 0.325. The van der Waals surface area contributed by atoms with Crippen LogP contribution >= 0.6 is 0 Å². The lowest BCUT2D eigenvalue weighted by Crippen LogP contribution is -2.58. The van der Waals surface area contributed by atoms with Crippen LogP contribution in [0.5, 0.6) is 0 Å². The van der Waals surface area contributed by atoms with E-state index >= 15 is 0 Å². The number of aromatic nitrogens is 4. The highest BCUT2D eigenvalue weighted by atomic mass is 15.3. The van der Waals surface area contributed by atoms with Gasteiger partial charge in [-0.05, 0) is 79.4 Å². The highest BCUT2D eigenvalue weighted by Gasteiger charge is 2.39. The van der Waals surface area contributed by atoms with Crippen LogP contribution in [0.25, 0.3) is 27.6 Å². The fourth-order valence-electron chi connectivity index (χ4n) is 6.65. The van der Waals surface area contributed by atoms with E-state index in [9.17, 15) is 0 Å². The summed E-state index contributed by atoms with van der Waals surface area (Å²) in [6.07, 6.45) is 12.2. The van der Waals surface area contributed by atoms with Crippen LogP contribution in [0.3, 0.4) is 0 Å². The number of nitrogens with zero attached hydrogens (tertiary/aromatic N) is 6. The van der Waals surface area contributed by atoms with E-state index in [0.717, 1.165) is 66.4 Å². The molecule has 8 nitrogen and oxygen atoms in total. The summed E-state index contributed by atoms with van der Waals surface area (Å²) in [5, 5.41) is 13.8. The van der Waals surface area contributed by atoms with E-state index in [0.29, 0.717) is 5.41 Å². The van der Waals surface area contributed by atoms with Crippen molar-refractivity contribution in [3.05, 3.63) is 72.8 Å². The Morgan fingerprint density at radius 2 is 1.78 bits per heavy atom. The van der Waals surface area contributed by atoms with Gasteiger partial charge in [0.2, 0.25) is 0 Å². The first-order chi connectivity index (χ1) is 20.1. The summed E-state index contributed by atoms with van der Waals surface area (Å²) in [6.45, 7) is 12.1. The van der Waals surface area contributed by atoms with Gasteiger partial charge in [0.05, 0.1) is 11.9 Å². The molecule has 4 aromatic rings. The molecular formula is C33H40N8. The SMILES string of the molecule is C=C(Nc1cc2cc(-c3cnn(C)c3CN3CCCCC3)ccc2cn1)c1ccnc(N2CCC3(CC2)CNC3)c1. The average molecular weight is 549 g/mol. The predicted molar refractivity (Wildman–Crippen MR) is 167 cm³/mol. The van der Waals surface area contributed by atoms with E-state index in [4.69, 9.17) is 4.98 Å². The highest BCUT2D eigenvalue weighted by molar-refractivity contribution is 5.90. The third-order valence-electron chi connectivity index (χ3n) is 9.44. The minimum atomic E-state index is 0.521. The number of nitrogens with one attached hydrogen (secondary N) is 2. The van der Waals surface area contributed by atoms with Crippen LogP contribution in [0.4, 0.5) is 11.6 Å². The third-order valence-corrected chi connectivity index (χ3v) is 9.44. The number of likely N-dealkylation sites (tertiary alicyclic amines) is 1. The molecule has 7 rings (SSSR count). The second kappa shape index (κ2) is 10.9. The molecule has 1 spiro atoms. The largest absolute Gasteiger partial charge is 0.357 e. The molecule has 0 saturated carbocycles. The first kappa shape index (κ1) is 26.2. The van der Waals surface area contributed by atoms with E-state index < -0.39 is 0 Å². The van der Waals surface area contributed by atoms with Crippen molar-refractivity contribution in [2.24, 2.45) is 12.5 Å². The van der Waals surface area contributed by atoms with Gasteiger partial charge < -0.3 is 15.5 Å². The highest BCUT2D eigenvalue weighted by Crippen LogP contribution is 2.36. The molecule has 1 aromatic carbocycles. The summed E-state index contributed by atoms with van der Waals surface area (Å²) in [5.41, 5.74) is 6.05. The molecule has 0 bridgehead atoms.